The quantitative estimate of drug-likeness (QED) is 0.928. The summed E-state index contributed by atoms with van der Waals surface area (Å²) in [5.74, 6) is -1.85. The third-order valence-corrected chi connectivity index (χ3v) is 2.75. The lowest BCUT2D eigenvalue weighted by atomic mass is 10.2. The molecule has 0 radical (unpaired) electrons. The molecular formula is C11H9ClFN3O2. The van der Waals surface area contributed by atoms with E-state index in [0.29, 0.717) is 12.1 Å². The van der Waals surface area contributed by atoms with Crippen LogP contribution in [0.15, 0.2) is 18.2 Å². The van der Waals surface area contributed by atoms with E-state index in [1.165, 1.54) is 12.1 Å². The van der Waals surface area contributed by atoms with Gasteiger partial charge in [0.1, 0.15) is 5.69 Å². The van der Waals surface area contributed by atoms with Crippen LogP contribution in [0.25, 0.3) is 5.69 Å². The maximum Gasteiger partial charge on any atom is 0.358 e. The van der Waals surface area contributed by atoms with Crippen molar-refractivity contribution in [2.24, 2.45) is 0 Å². The molecule has 0 aliphatic rings. The number of carboxylic acids is 1. The molecule has 0 unspecified atom stereocenters. The summed E-state index contributed by atoms with van der Waals surface area (Å²) in [6, 6.07) is 4.42. The molecule has 0 atom stereocenters. The summed E-state index contributed by atoms with van der Waals surface area (Å²) in [6.45, 7) is 1.74. The molecule has 0 amide bonds. The molecule has 0 aliphatic carbocycles. The second kappa shape index (κ2) is 4.73. The Kier molecular flexibility index (Phi) is 3.29. The fraction of sp³-hybridized carbons (Fsp3) is 0.182. The molecule has 0 fully saturated rings. The van der Waals surface area contributed by atoms with Gasteiger partial charge in [-0.2, -0.15) is 0 Å². The fourth-order valence-electron chi connectivity index (χ4n) is 1.63. The Morgan fingerprint density at radius 2 is 2.28 bits per heavy atom. The van der Waals surface area contributed by atoms with Crippen molar-refractivity contribution in [2.75, 3.05) is 0 Å². The van der Waals surface area contributed by atoms with Gasteiger partial charge in [0, 0.05) is 0 Å². The number of aromatic carboxylic acids is 1. The first-order valence-corrected chi connectivity index (χ1v) is 5.56. The Morgan fingerprint density at radius 3 is 2.89 bits per heavy atom. The molecule has 1 aromatic carbocycles. The van der Waals surface area contributed by atoms with Crippen LogP contribution >= 0.6 is 11.6 Å². The Morgan fingerprint density at radius 1 is 1.56 bits per heavy atom. The lowest BCUT2D eigenvalue weighted by Gasteiger charge is -2.06. The molecule has 2 rings (SSSR count). The van der Waals surface area contributed by atoms with Crippen LogP contribution in [0.4, 0.5) is 4.39 Å². The van der Waals surface area contributed by atoms with E-state index in [-0.39, 0.29) is 16.4 Å². The minimum atomic E-state index is -1.19. The highest BCUT2D eigenvalue weighted by atomic mass is 35.5. The molecule has 2 aromatic rings. The van der Waals surface area contributed by atoms with E-state index >= 15 is 0 Å². The molecule has 7 heteroatoms. The predicted molar refractivity (Wildman–Crippen MR) is 62.7 cm³/mol. The molecule has 0 saturated carbocycles. The lowest BCUT2D eigenvalue weighted by molar-refractivity contribution is 0.0689. The maximum absolute atomic E-state index is 13.8. The highest BCUT2D eigenvalue weighted by Crippen LogP contribution is 2.22. The third-order valence-electron chi connectivity index (χ3n) is 2.46. The molecule has 18 heavy (non-hydrogen) atoms. The Hall–Kier alpha value is -1.95. The van der Waals surface area contributed by atoms with Crippen molar-refractivity contribution >= 4 is 17.6 Å². The van der Waals surface area contributed by atoms with Gasteiger partial charge in [0.15, 0.2) is 11.5 Å². The monoisotopic (exact) mass is 269 g/mol. The number of hydrogen-bond donors (Lipinski definition) is 1. The van der Waals surface area contributed by atoms with Crippen LogP contribution in [0.1, 0.15) is 23.1 Å². The highest BCUT2D eigenvalue weighted by molar-refractivity contribution is 6.30. The van der Waals surface area contributed by atoms with Gasteiger partial charge in [-0.3, -0.25) is 0 Å². The van der Waals surface area contributed by atoms with E-state index < -0.39 is 11.8 Å². The number of rotatable bonds is 3. The Labute approximate surface area is 107 Å². The van der Waals surface area contributed by atoms with Crippen molar-refractivity contribution in [3.8, 4) is 5.69 Å². The van der Waals surface area contributed by atoms with Gasteiger partial charge in [-0.25, -0.2) is 13.9 Å². The summed E-state index contributed by atoms with van der Waals surface area (Å²) in [7, 11) is 0. The summed E-state index contributed by atoms with van der Waals surface area (Å²) in [5, 5.41) is 16.1. The molecule has 0 bridgehead atoms. The molecule has 1 N–H and O–H groups in total. The topological polar surface area (TPSA) is 68.0 Å². The van der Waals surface area contributed by atoms with Gasteiger partial charge in [0.2, 0.25) is 0 Å². The number of halogens is 2. The average Bonchev–Trinajstić information content (AvgIpc) is 2.76. The zero-order chi connectivity index (χ0) is 13.3. The number of benzene rings is 1. The van der Waals surface area contributed by atoms with E-state index in [1.807, 2.05) is 0 Å². The number of carbonyl (C=O) groups is 1. The third kappa shape index (κ3) is 1.95. The molecule has 0 aliphatic heterocycles. The maximum atomic E-state index is 13.8. The molecule has 0 saturated heterocycles. The van der Waals surface area contributed by atoms with E-state index in [2.05, 4.69) is 10.3 Å². The highest BCUT2D eigenvalue weighted by Gasteiger charge is 2.20. The molecule has 0 spiro atoms. The number of carboxylic acid groups (broad SMARTS) is 1. The van der Waals surface area contributed by atoms with Crippen molar-refractivity contribution < 1.29 is 14.3 Å². The second-order valence-electron chi connectivity index (χ2n) is 3.53. The first kappa shape index (κ1) is 12.5. The van der Waals surface area contributed by atoms with Crippen LogP contribution in [0.2, 0.25) is 5.02 Å². The molecular weight excluding hydrogens is 261 g/mol. The SMILES string of the molecule is CCc1c(C(=O)O)nnn1-c1cccc(Cl)c1F. The molecule has 1 heterocycles. The average molecular weight is 270 g/mol. The van der Waals surface area contributed by atoms with E-state index in [9.17, 15) is 9.18 Å². The predicted octanol–water partition coefficient (Wildman–Crippen LogP) is 2.32. The first-order chi connectivity index (χ1) is 8.56. The molecule has 5 nitrogen and oxygen atoms in total. The van der Waals surface area contributed by atoms with E-state index in [4.69, 9.17) is 16.7 Å². The van der Waals surface area contributed by atoms with Crippen molar-refractivity contribution in [3.05, 3.63) is 40.4 Å². The zero-order valence-corrected chi connectivity index (χ0v) is 10.1. The molecule has 94 valence electrons. The number of hydrogen-bond acceptors (Lipinski definition) is 3. The van der Waals surface area contributed by atoms with Gasteiger partial charge in [-0.05, 0) is 18.6 Å². The summed E-state index contributed by atoms with van der Waals surface area (Å²) in [4.78, 5) is 10.9. The smallest absolute Gasteiger partial charge is 0.358 e. The van der Waals surface area contributed by atoms with Crippen LogP contribution in [-0.4, -0.2) is 26.1 Å². The fourth-order valence-corrected chi connectivity index (χ4v) is 1.80. The zero-order valence-electron chi connectivity index (χ0n) is 9.39. The van der Waals surface area contributed by atoms with Crippen LogP contribution < -0.4 is 0 Å². The summed E-state index contributed by atoms with van der Waals surface area (Å²) in [5.41, 5.74) is 0.222. The minimum absolute atomic E-state index is 0.0538. The minimum Gasteiger partial charge on any atom is -0.476 e. The van der Waals surface area contributed by atoms with Crippen molar-refractivity contribution in [1.82, 2.24) is 15.0 Å². The first-order valence-electron chi connectivity index (χ1n) is 5.18. The van der Waals surface area contributed by atoms with Crippen LogP contribution in [-0.2, 0) is 6.42 Å². The van der Waals surface area contributed by atoms with Crippen molar-refractivity contribution in [2.45, 2.75) is 13.3 Å². The normalized spacial score (nSPS) is 10.6. The van der Waals surface area contributed by atoms with Crippen molar-refractivity contribution in [1.29, 1.82) is 0 Å². The van der Waals surface area contributed by atoms with Gasteiger partial charge in [0.05, 0.1) is 10.7 Å². The van der Waals surface area contributed by atoms with Gasteiger partial charge < -0.3 is 5.11 Å². The summed E-state index contributed by atoms with van der Waals surface area (Å²) < 4.78 is 15.0. The largest absolute Gasteiger partial charge is 0.476 e. The van der Waals surface area contributed by atoms with Gasteiger partial charge in [0.25, 0.3) is 0 Å². The summed E-state index contributed by atoms with van der Waals surface area (Å²) >= 11 is 5.68. The number of aromatic nitrogens is 3. The van der Waals surface area contributed by atoms with E-state index in [1.54, 1.807) is 13.0 Å². The van der Waals surface area contributed by atoms with Crippen molar-refractivity contribution in [3.63, 3.8) is 0 Å². The van der Waals surface area contributed by atoms with Gasteiger partial charge >= 0.3 is 5.97 Å². The van der Waals surface area contributed by atoms with Crippen LogP contribution in [0.3, 0.4) is 0 Å². The van der Waals surface area contributed by atoms with Gasteiger partial charge in [-0.15, -0.1) is 5.10 Å². The van der Waals surface area contributed by atoms with Crippen LogP contribution in [0.5, 0.6) is 0 Å². The Balaban J connectivity index is 2.65. The standard InChI is InChI=1S/C11H9ClFN3O2/c1-2-7-10(11(17)18)14-15-16(7)8-5-3-4-6(12)9(8)13/h3-5H,2H2,1H3,(H,17,18). The van der Waals surface area contributed by atoms with Crippen LogP contribution in [0, 0.1) is 5.82 Å². The van der Waals surface area contributed by atoms with E-state index in [0.717, 1.165) is 4.68 Å². The summed E-state index contributed by atoms with van der Waals surface area (Å²) in [6.07, 6.45) is 0.362. The Bertz CT molecular complexity index is 612. The lowest BCUT2D eigenvalue weighted by Crippen LogP contribution is -2.07. The van der Waals surface area contributed by atoms with Gasteiger partial charge in [-0.1, -0.05) is 29.8 Å². The second-order valence-corrected chi connectivity index (χ2v) is 3.94. The number of nitrogens with zero attached hydrogens (tertiary/aromatic N) is 3. The molecule has 1 aromatic heterocycles.